The van der Waals surface area contributed by atoms with E-state index in [9.17, 15) is 9.50 Å². The minimum Gasteiger partial charge on any atom is -0.378 e. The number of piperazine rings is 1. The van der Waals surface area contributed by atoms with Crippen molar-refractivity contribution in [3.63, 3.8) is 0 Å². The Morgan fingerprint density at radius 1 is 1.14 bits per heavy atom. The van der Waals surface area contributed by atoms with E-state index in [2.05, 4.69) is 36.2 Å². The molecule has 5 heteroatoms. The van der Waals surface area contributed by atoms with E-state index in [1.807, 2.05) is 18.2 Å². The van der Waals surface area contributed by atoms with Crippen molar-refractivity contribution in [3.05, 3.63) is 70.0 Å². The van der Waals surface area contributed by atoms with Gasteiger partial charge in [-0.3, -0.25) is 4.90 Å². The third-order valence-electron chi connectivity index (χ3n) is 6.63. The first kappa shape index (κ1) is 20.8. The second-order valence-electron chi connectivity index (χ2n) is 9.16. The van der Waals surface area contributed by atoms with Gasteiger partial charge in [0.2, 0.25) is 0 Å². The van der Waals surface area contributed by atoms with Crippen LogP contribution in [0.5, 0.6) is 0 Å². The van der Waals surface area contributed by atoms with E-state index in [1.54, 1.807) is 0 Å². The molecule has 2 N–H and O–H groups in total. The number of rotatable bonds is 5. The molecule has 0 spiro atoms. The summed E-state index contributed by atoms with van der Waals surface area (Å²) in [4.78, 5) is 2.18. The van der Waals surface area contributed by atoms with Crippen molar-refractivity contribution in [3.8, 4) is 0 Å². The number of nitrogens with zero attached hydrogens (tertiary/aromatic N) is 1. The van der Waals surface area contributed by atoms with Crippen LogP contribution in [0.4, 0.5) is 4.39 Å². The molecule has 156 valence electrons. The second kappa shape index (κ2) is 8.35. The van der Waals surface area contributed by atoms with Gasteiger partial charge in [-0.1, -0.05) is 43.6 Å². The highest BCUT2D eigenvalue weighted by molar-refractivity contribution is 6.30. The van der Waals surface area contributed by atoms with Gasteiger partial charge in [-0.2, -0.15) is 0 Å². The number of hydrogen-bond acceptors (Lipinski definition) is 3. The van der Waals surface area contributed by atoms with E-state index in [1.165, 1.54) is 23.3 Å². The molecule has 0 radical (unpaired) electrons. The molecule has 3 nitrogen and oxygen atoms in total. The Morgan fingerprint density at radius 2 is 1.83 bits per heavy atom. The number of benzene rings is 2. The van der Waals surface area contributed by atoms with Crippen molar-refractivity contribution in [2.45, 2.75) is 44.8 Å². The number of nitrogens with one attached hydrogen (secondary N) is 1. The Balaban J connectivity index is 1.59. The Kier molecular flexibility index (Phi) is 5.99. The SMILES string of the molecule is CC(C)(CC1CC(c2ccc(F)cc2)c2ccc(Cl)cc21)C(O)N1CCNCC1. The van der Waals surface area contributed by atoms with Gasteiger partial charge in [-0.05, 0) is 59.7 Å². The fraction of sp³-hybridized carbons (Fsp3) is 0.500. The summed E-state index contributed by atoms with van der Waals surface area (Å²) in [6.45, 7) is 7.90. The minimum atomic E-state index is -0.475. The summed E-state index contributed by atoms with van der Waals surface area (Å²) < 4.78 is 13.4. The summed E-state index contributed by atoms with van der Waals surface area (Å²) >= 11 is 6.34. The zero-order valence-corrected chi connectivity index (χ0v) is 17.9. The lowest BCUT2D eigenvalue weighted by atomic mass is 9.78. The van der Waals surface area contributed by atoms with Gasteiger partial charge in [-0.25, -0.2) is 4.39 Å². The van der Waals surface area contributed by atoms with Crippen molar-refractivity contribution in [1.82, 2.24) is 10.2 Å². The summed E-state index contributed by atoms with van der Waals surface area (Å²) in [6.07, 6.45) is 1.36. The van der Waals surface area contributed by atoms with E-state index < -0.39 is 6.23 Å². The number of halogens is 2. The fourth-order valence-electron chi connectivity index (χ4n) is 5.12. The topological polar surface area (TPSA) is 35.5 Å². The molecule has 1 aliphatic heterocycles. The average Bonchev–Trinajstić information content (AvgIpc) is 3.05. The summed E-state index contributed by atoms with van der Waals surface area (Å²) in [5, 5.41) is 15.2. The molecule has 2 aromatic rings. The molecule has 1 fully saturated rings. The van der Waals surface area contributed by atoms with Gasteiger partial charge in [0.05, 0.1) is 0 Å². The van der Waals surface area contributed by atoms with Crippen LogP contribution in [-0.4, -0.2) is 42.4 Å². The van der Waals surface area contributed by atoms with Crippen LogP contribution in [0, 0.1) is 11.2 Å². The van der Waals surface area contributed by atoms with E-state index in [-0.39, 0.29) is 17.2 Å². The summed E-state index contributed by atoms with van der Waals surface area (Å²) in [7, 11) is 0. The minimum absolute atomic E-state index is 0.208. The van der Waals surface area contributed by atoms with Gasteiger partial charge in [0.25, 0.3) is 0 Å². The van der Waals surface area contributed by atoms with Crippen LogP contribution in [-0.2, 0) is 0 Å². The summed E-state index contributed by atoms with van der Waals surface area (Å²) in [6, 6.07) is 13.0. The van der Waals surface area contributed by atoms with E-state index in [4.69, 9.17) is 11.6 Å². The smallest absolute Gasteiger partial charge is 0.123 e. The van der Waals surface area contributed by atoms with Gasteiger partial charge in [-0.15, -0.1) is 0 Å². The van der Waals surface area contributed by atoms with Gasteiger partial charge in [0.15, 0.2) is 0 Å². The van der Waals surface area contributed by atoms with Crippen LogP contribution in [0.15, 0.2) is 42.5 Å². The maximum Gasteiger partial charge on any atom is 0.123 e. The normalized spacial score (nSPS) is 23.8. The first-order valence-corrected chi connectivity index (χ1v) is 10.9. The van der Waals surface area contributed by atoms with E-state index in [0.29, 0.717) is 5.92 Å². The van der Waals surface area contributed by atoms with Crippen LogP contribution in [0.25, 0.3) is 0 Å². The number of hydrogen-bond donors (Lipinski definition) is 2. The Hall–Kier alpha value is -1.46. The molecule has 0 saturated carbocycles. The van der Waals surface area contributed by atoms with Crippen LogP contribution in [0.2, 0.25) is 5.02 Å². The quantitative estimate of drug-likeness (QED) is 0.739. The monoisotopic (exact) mass is 416 g/mol. The molecule has 1 saturated heterocycles. The molecule has 0 bridgehead atoms. The van der Waals surface area contributed by atoms with E-state index >= 15 is 0 Å². The highest BCUT2D eigenvalue weighted by Gasteiger charge is 2.40. The number of fused-ring (bicyclic) bond motifs is 1. The van der Waals surface area contributed by atoms with Gasteiger partial charge >= 0.3 is 0 Å². The zero-order valence-electron chi connectivity index (χ0n) is 17.2. The van der Waals surface area contributed by atoms with Gasteiger partial charge < -0.3 is 10.4 Å². The molecule has 0 aromatic heterocycles. The molecule has 3 atom stereocenters. The molecular formula is C24H30ClFN2O. The third kappa shape index (κ3) is 4.36. The Bertz CT molecular complexity index is 848. The van der Waals surface area contributed by atoms with Crippen LogP contribution in [0.3, 0.4) is 0 Å². The highest BCUT2D eigenvalue weighted by atomic mass is 35.5. The zero-order chi connectivity index (χ0) is 20.6. The van der Waals surface area contributed by atoms with E-state index in [0.717, 1.165) is 49.6 Å². The first-order chi connectivity index (χ1) is 13.8. The molecule has 0 amide bonds. The molecular weight excluding hydrogens is 387 g/mol. The Labute approximate surface area is 177 Å². The predicted octanol–water partition coefficient (Wildman–Crippen LogP) is 4.74. The largest absolute Gasteiger partial charge is 0.378 e. The molecule has 2 aliphatic rings. The van der Waals surface area contributed by atoms with Crippen LogP contribution < -0.4 is 5.32 Å². The molecule has 3 unspecified atom stereocenters. The fourth-order valence-corrected chi connectivity index (χ4v) is 5.30. The summed E-state index contributed by atoms with van der Waals surface area (Å²) in [5.74, 6) is 0.339. The lowest BCUT2D eigenvalue weighted by molar-refractivity contribution is -0.0877. The first-order valence-electron chi connectivity index (χ1n) is 10.5. The molecule has 2 aromatic carbocycles. The third-order valence-corrected chi connectivity index (χ3v) is 6.86. The van der Waals surface area contributed by atoms with Crippen molar-refractivity contribution in [2.24, 2.45) is 5.41 Å². The molecule has 4 rings (SSSR count). The van der Waals surface area contributed by atoms with Crippen LogP contribution >= 0.6 is 11.6 Å². The number of aliphatic hydroxyl groups excluding tert-OH is 1. The number of aliphatic hydroxyl groups is 1. The standard InChI is InChI=1S/C24H30ClFN2O/c1-24(2,23(29)28-11-9-27-10-12-28)15-17-13-21(16-3-6-19(26)7-4-16)20-8-5-18(25)14-22(17)20/h3-8,14,17,21,23,27,29H,9-13,15H2,1-2H3. The molecule has 1 aliphatic carbocycles. The highest BCUT2D eigenvalue weighted by Crippen LogP contribution is 2.50. The van der Waals surface area contributed by atoms with Crippen molar-refractivity contribution >= 4 is 11.6 Å². The van der Waals surface area contributed by atoms with Gasteiger partial charge in [0, 0.05) is 42.5 Å². The maximum absolute atomic E-state index is 13.4. The second-order valence-corrected chi connectivity index (χ2v) is 9.60. The van der Waals surface area contributed by atoms with Crippen molar-refractivity contribution in [2.75, 3.05) is 26.2 Å². The molecule has 1 heterocycles. The average molecular weight is 417 g/mol. The lowest BCUT2D eigenvalue weighted by Gasteiger charge is -2.42. The van der Waals surface area contributed by atoms with Crippen molar-refractivity contribution < 1.29 is 9.50 Å². The summed E-state index contributed by atoms with van der Waals surface area (Å²) in [5.41, 5.74) is 3.43. The molecule has 29 heavy (non-hydrogen) atoms. The lowest BCUT2D eigenvalue weighted by Crippen LogP contribution is -2.53. The maximum atomic E-state index is 13.4. The van der Waals surface area contributed by atoms with Crippen molar-refractivity contribution in [1.29, 1.82) is 0 Å². The predicted molar refractivity (Wildman–Crippen MR) is 116 cm³/mol. The van der Waals surface area contributed by atoms with Gasteiger partial charge in [0.1, 0.15) is 12.0 Å². The van der Waals surface area contributed by atoms with Crippen LogP contribution in [0.1, 0.15) is 55.2 Å². The Morgan fingerprint density at radius 3 is 2.52 bits per heavy atom.